The number of amides is 1. The first-order chi connectivity index (χ1) is 18.3. The average Bonchev–Trinajstić information content (AvgIpc) is 3.55. The second kappa shape index (κ2) is 10.5. The number of carbonyl (C=O) groups is 2. The number of anilines is 3. The van der Waals surface area contributed by atoms with Crippen LogP contribution in [0.1, 0.15) is 24.8 Å². The fraction of sp³-hybridized carbons (Fsp3) is 0.360. The molecule has 11 nitrogen and oxygen atoms in total. The van der Waals surface area contributed by atoms with E-state index in [9.17, 15) is 23.5 Å². The van der Waals surface area contributed by atoms with Crippen LogP contribution in [0, 0.1) is 5.82 Å². The lowest BCUT2D eigenvalue weighted by molar-refractivity contribution is -0.148. The lowest BCUT2D eigenvalue weighted by Crippen LogP contribution is -2.48. The minimum Gasteiger partial charge on any atom is -0.480 e. The molecule has 2 aliphatic rings. The highest BCUT2D eigenvalue weighted by Gasteiger charge is 2.44. The second-order valence-electron chi connectivity index (χ2n) is 9.35. The molecule has 2 fully saturated rings. The Labute approximate surface area is 220 Å². The average molecular weight is 543 g/mol. The van der Waals surface area contributed by atoms with Crippen LogP contribution in [-0.2, 0) is 27.3 Å². The van der Waals surface area contributed by atoms with Gasteiger partial charge >= 0.3 is 5.97 Å². The van der Waals surface area contributed by atoms with Crippen LogP contribution >= 0.6 is 0 Å². The number of aliphatic carboxylic acids is 1. The number of pyridine rings is 2. The lowest BCUT2D eigenvalue weighted by Gasteiger charge is -2.28. The molecule has 3 atom stereocenters. The van der Waals surface area contributed by atoms with Crippen molar-refractivity contribution in [1.29, 1.82) is 0 Å². The molecule has 2 aliphatic heterocycles. The Morgan fingerprint density at radius 3 is 2.58 bits per heavy atom. The minimum absolute atomic E-state index is 0.0273. The van der Waals surface area contributed by atoms with Gasteiger partial charge in [-0.1, -0.05) is 12.1 Å². The quantitative estimate of drug-likeness (QED) is 0.364. The maximum atomic E-state index is 15.3. The summed E-state index contributed by atoms with van der Waals surface area (Å²) in [6, 6.07) is 5.38. The van der Waals surface area contributed by atoms with Crippen molar-refractivity contribution in [2.24, 2.45) is 0 Å². The van der Waals surface area contributed by atoms with Gasteiger partial charge in [0, 0.05) is 43.0 Å². The highest BCUT2D eigenvalue weighted by atomic mass is 32.2. The van der Waals surface area contributed by atoms with Gasteiger partial charge in [0.25, 0.3) is 11.3 Å². The van der Waals surface area contributed by atoms with Gasteiger partial charge in [-0.25, -0.2) is 23.4 Å². The molecule has 1 unspecified atom stereocenters. The Bertz CT molecular complexity index is 1400. The molecule has 3 aromatic rings. The zero-order chi connectivity index (χ0) is 27.0. The number of nitrogen functional groups attached to an aromatic ring is 1. The van der Waals surface area contributed by atoms with Crippen LogP contribution in [0.4, 0.5) is 21.7 Å². The third-order valence-electron chi connectivity index (χ3n) is 7.14. The summed E-state index contributed by atoms with van der Waals surface area (Å²) in [7, 11) is 0. The van der Waals surface area contributed by atoms with E-state index in [0.717, 1.165) is 41.0 Å². The SMILES string of the molecule is Nc1nccc2c(F)c(C[C@H](C(=O)O)N3CC[C@H](N(c4ccc(N5CCCC5)nc4)S(=O)O)C3=O)ccc12. The minimum atomic E-state index is -2.56. The van der Waals surface area contributed by atoms with Crippen molar-refractivity contribution in [3.63, 3.8) is 0 Å². The molecule has 2 saturated heterocycles. The molecule has 2 aromatic heterocycles. The fourth-order valence-corrected chi connectivity index (χ4v) is 5.92. The van der Waals surface area contributed by atoms with Crippen molar-refractivity contribution < 1.29 is 27.8 Å². The van der Waals surface area contributed by atoms with Gasteiger partial charge in [-0.05, 0) is 43.0 Å². The molecule has 4 heterocycles. The summed E-state index contributed by atoms with van der Waals surface area (Å²) < 4.78 is 38.7. The number of aromatic nitrogens is 2. The number of likely N-dealkylation sites (tertiary alicyclic amines) is 1. The van der Waals surface area contributed by atoms with E-state index in [-0.39, 0.29) is 41.8 Å². The Balaban J connectivity index is 1.38. The Morgan fingerprint density at radius 1 is 1.16 bits per heavy atom. The normalized spacial score (nSPS) is 19.2. The van der Waals surface area contributed by atoms with E-state index in [1.807, 2.05) is 0 Å². The summed E-state index contributed by atoms with van der Waals surface area (Å²) >= 11 is -2.56. The molecule has 0 aliphatic carbocycles. The molecule has 1 aromatic carbocycles. The summed E-state index contributed by atoms with van der Waals surface area (Å²) in [5, 5.41) is 10.6. The number of hydrogen-bond donors (Lipinski definition) is 3. The van der Waals surface area contributed by atoms with E-state index in [4.69, 9.17) is 5.73 Å². The molecule has 0 spiro atoms. The number of halogens is 1. The third kappa shape index (κ3) is 4.74. The van der Waals surface area contributed by atoms with Gasteiger partial charge in [0.15, 0.2) is 0 Å². The second-order valence-corrected chi connectivity index (χ2v) is 10.2. The third-order valence-corrected chi connectivity index (χ3v) is 7.95. The standard InChI is InChI=1S/C25H27FN6O5S/c26-22-15(3-5-18-17(22)7-9-28-23(18)27)13-20(25(34)35)31-12-8-19(24(31)33)32(38(36)37)16-4-6-21(29-14-16)30-10-1-2-11-30/h3-7,9,14,19-20H,1-2,8,10-13H2,(H2,27,28)(H,34,35)(H,36,37)/t19-,20+/m0/s1. The summed E-state index contributed by atoms with van der Waals surface area (Å²) in [6.45, 7) is 1.80. The smallest absolute Gasteiger partial charge is 0.326 e. The van der Waals surface area contributed by atoms with Gasteiger partial charge in [0.1, 0.15) is 29.5 Å². The first kappa shape index (κ1) is 25.8. The Hall–Kier alpha value is -3.84. The van der Waals surface area contributed by atoms with Crippen molar-refractivity contribution in [2.75, 3.05) is 34.6 Å². The topological polar surface area (TPSA) is 153 Å². The van der Waals surface area contributed by atoms with E-state index in [0.29, 0.717) is 5.39 Å². The summed E-state index contributed by atoms with van der Waals surface area (Å²) in [6.07, 6.45) is 4.78. The van der Waals surface area contributed by atoms with E-state index in [1.54, 1.807) is 18.2 Å². The molecule has 0 bridgehead atoms. The molecular weight excluding hydrogens is 515 g/mol. The van der Waals surface area contributed by atoms with Crippen molar-refractivity contribution in [1.82, 2.24) is 14.9 Å². The molecule has 0 saturated carbocycles. The molecule has 13 heteroatoms. The van der Waals surface area contributed by atoms with Crippen LogP contribution in [-0.4, -0.2) is 72.3 Å². The van der Waals surface area contributed by atoms with Crippen molar-refractivity contribution in [3.8, 4) is 0 Å². The fourth-order valence-electron chi connectivity index (χ4n) is 5.22. The number of carboxylic acid groups (broad SMARTS) is 1. The van der Waals surface area contributed by atoms with Gasteiger partial charge in [0.05, 0.1) is 11.9 Å². The van der Waals surface area contributed by atoms with Gasteiger partial charge in [0.2, 0.25) is 5.91 Å². The van der Waals surface area contributed by atoms with E-state index in [2.05, 4.69) is 14.9 Å². The van der Waals surface area contributed by atoms with Crippen LogP contribution in [0.25, 0.3) is 10.8 Å². The van der Waals surface area contributed by atoms with Crippen LogP contribution in [0.3, 0.4) is 0 Å². The van der Waals surface area contributed by atoms with E-state index < -0.39 is 41.0 Å². The van der Waals surface area contributed by atoms with Gasteiger partial charge in [-0.3, -0.25) is 13.7 Å². The maximum absolute atomic E-state index is 15.3. The highest BCUT2D eigenvalue weighted by molar-refractivity contribution is 7.80. The molecule has 200 valence electrons. The van der Waals surface area contributed by atoms with Crippen molar-refractivity contribution in [3.05, 3.63) is 54.1 Å². The predicted octanol–water partition coefficient (Wildman–Crippen LogP) is 2.19. The lowest BCUT2D eigenvalue weighted by atomic mass is 10.0. The van der Waals surface area contributed by atoms with Gasteiger partial charge in [-0.15, -0.1) is 0 Å². The Morgan fingerprint density at radius 2 is 1.92 bits per heavy atom. The summed E-state index contributed by atoms with van der Waals surface area (Å²) in [5.41, 5.74) is 6.20. The van der Waals surface area contributed by atoms with E-state index >= 15 is 4.39 Å². The number of rotatable bonds is 8. The number of nitrogens with zero attached hydrogens (tertiary/aromatic N) is 5. The van der Waals surface area contributed by atoms with Crippen molar-refractivity contribution >= 4 is 51.2 Å². The molecule has 38 heavy (non-hydrogen) atoms. The van der Waals surface area contributed by atoms with Crippen molar-refractivity contribution in [2.45, 2.75) is 37.8 Å². The maximum Gasteiger partial charge on any atom is 0.326 e. The predicted molar refractivity (Wildman–Crippen MR) is 140 cm³/mol. The van der Waals surface area contributed by atoms with Gasteiger partial charge < -0.3 is 20.6 Å². The van der Waals surface area contributed by atoms with E-state index in [1.165, 1.54) is 24.5 Å². The summed E-state index contributed by atoms with van der Waals surface area (Å²) in [5.74, 6) is -1.66. The number of fused-ring (bicyclic) bond motifs is 1. The highest BCUT2D eigenvalue weighted by Crippen LogP contribution is 2.30. The summed E-state index contributed by atoms with van der Waals surface area (Å²) in [4.78, 5) is 37.2. The first-order valence-electron chi connectivity index (χ1n) is 12.2. The number of benzene rings is 1. The molecule has 1 amide bonds. The zero-order valence-electron chi connectivity index (χ0n) is 20.4. The monoisotopic (exact) mass is 542 g/mol. The number of nitrogens with two attached hydrogens (primary N) is 1. The number of hydrogen-bond acceptors (Lipinski definition) is 7. The number of carbonyl (C=O) groups excluding carboxylic acids is 1. The van der Waals surface area contributed by atoms with Gasteiger partial charge in [-0.2, -0.15) is 0 Å². The molecule has 0 radical (unpaired) electrons. The van der Waals surface area contributed by atoms with Crippen LogP contribution in [0.2, 0.25) is 0 Å². The number of carboxylic acids is 1. The first-order valence-corrected chi connectivity index (χ1v) is 13.3. The molecular formula is C25H27FN6O5S. The van der Waals surface area contributed by atoms with Crippen LogP contribution in [0.5, 0.6) is 0 Å². The molecule has 5 rings (SSSR count). The molecule has 4 N–H and O–H groups in total. The Kier molecular flexibility index (Phi) is 7.13. The largest absolute Gasteiger partial charge is 0.480 e. The van der Waals surface area contributed by atoms with Crippen LogP contribution in [0.15, 0.2) is 42.7 Å². The van der Waals surface area contributed by atoms with Crippen LogP contribution < -0.4 is 14.9 Å². The zero-order valence-corrected chi connectivity index (χ0v) is 21.2.